The lowest BCUT2D eigenvalue weighted by Gasteiger charge is -2.23. The fourth-order valence-corrected chi connectivity index (χ4v) is 1.07. The minimum atomic E-state index is 0.788. The second-order valence-corrected chi connectivity index (χ2v) is 3.85. The van der Waals surface area contributed by atoms with E-state index in [9.17, 15) is 0 Å². The highest BCUT2D eigenvalue weighted by molar-refractivity contribution is 5.79. The molecule has 0 atom stereocenters. The summed E-state index contributed by atoms with van der Waals surface area (Å²) < 4.78 is 0.788. The molecule has 0 saturated heterocycles. The summed E-state index contributed by atoms with van der Waals surface area (Å²) in [6.45, 7) is 0. The molecular weight excluding hydrogens is 164 g/mol. The molecule has 13 heavy (non-hydrogen) atoms. The average Bonchev–Trinajstić information content (AvgIpc) is 2.04. The summed E-state index contributed by atoms with van der Waals surface area (Å²) in [6, 6.07) is 7.91. The van der Waals surface area contributed by atoms with Gasteiger partial charge in [-0.3, -0.25) is 4.48 Å². The Labute approximate surface area is 78.5 Å². The van der Waals surface area contributed by atoms with Crippen LogP contribution in [-0.4, -0.2) is 32.6 Å². The molecule has 1 aromatic rings. The topological polar surface area (TPSA) is 32.6 Å². The number of nitrogens with zero attached hydrogens (tertiary/aromatic N) is 2. The first-order chi connectivity index (χ1) is 6.04. The second kappa shape index (κ2) is 3.58. The van der Waals surface area contributed by atoms with Gasteiger partial charge in [-0.25, -0.2) is 0 Å². The summed E-state index contributed by atoms with van der Waals surface area (Å²) in [6.07, 6.45) is 1.42. The molecule has 0 unspecified atom stereocenters. The Hall–Kier alpha value is -1.35. The fraction of sp³-hybridized carbons (Fsp3) is 0.300. The van der Waals surface area contributed by atoms with Gasteiger partial charge in [0.1, 0.15) is 5.69 Å². The van der Waals surface area contributed by atoms with E-state index in [2.05, 4.69) is 26.3 Å². The third kappa shape index (κ3) is 2.56. The highest BCUT2D eigenvalue weighted by atomic mass is 16.4. The Morgan fingerprint density at radius 1 is 1.15 bits per heavy atom. The molecule has 0 saturated carbocycles. The van der Waals surface area contributed by atoms with Gasteiger partial charge in [0, 0.05) is 0 Å². The van der Waals surface area contributed by atoms with Gasteiger partial charge in [-0.05, 0) is 29.8 Å². The van der Waals surface area contributed by atoms with Crippen LogP contribution in [0.2, 0.25) is 0 Å². The van der Waals surface area contributed by atoms with Crippen LogP contribution in [0.25, 0.3) is 0 Å². The second-order valence-electron chi connectivity index (χ2n) is 3.85. The van der Waals surface area contributed by atoms with Crippen molar-refractivity contribution in [1.29, 1.82) is 0 Å². The third-order valence-corrected chi connectivity index (χ3v) is 1.87. The van der Waals surface area contributed by atoms with Crippen molar-refractivity contribution in [1.82, 2.24) is 4.48 Å². The van der Waals surface area contributed by atoms with Crippen molar-refractivity contribution in [3.05, 3.63) is 29.8 Å². The molecule has 0 spiro atoms. The van der Waals surface area contributed by atoms with Gasteiger partial charge in [0.25, 0.3) is 0 Å². The van der Waals surface area contributed by atoms with Crippen LogP contribution in [0.4, 0.5) is 5.69 Å². The van der Waals surface area contributed by atoms with Gasteiger partial charge >= 0.3 is 0 Å². The molecule has 1 aromatic carbocycles. The molecule has 0 aliphatic rings. The number of quaternary nitrogens is 1. The summed E-state index contributed by atoms with van der Waals surface area (Å²) in [5.41, 5.74) is 2.12. The molecule has 0 aliphatic heterocycles. The molecule has 0 aromatic heterocycles. The van der Waals surface area contributed by atoms with Gasteiger partial charge in [0.05, 0.1) is 27.4 Å². The van der Waals surface area contributed by atoms with E-state index in [1.54, 1.807) is 0 Å². The van der Waals surface area contributed by atoms with E-state index in [1.165, 1.54) is 11.9 Å². The van der Waals surface area contributed by atoms with Crippen LogP contribution in [-0.2, 0) is 0 Å². The average molecular weight is 179 g/mol. The van der Waals surface area contributed by atoms with E-state index in [4.69, 9.17) is 5.21 Å². The largest absolute Gasteiger partial charge is 0.411 e. The first kappa shape index (κ1) is 9.74. The van der Waals surface area contributed by atoms with E-state index in [-0.39, 0.29) is 0 Å². The minimum absolute atomic E-state index is 0.788. The van der Waals surface area contributed by atoms with Crippen molar-refractivity contribution in [2.75, 3.05) is 21.1 Å². The molecular formula is C10H15N2O+. The number of benzene rings is 1. The molecule has 1 rings (SSSR count). The zero-order valence-corrected chi connectivity index (χ0v) is 8.23. The lowest BCUT2D eigenvalue weighted by Crippen LogP contribution is -2.34. The maximum Gasteiger partial charge on any atom is 0.132 e. The maximum absolute atomic E-state index is 8.31. The Morgan fingerprint density at radius 3 is 2.08 bits per heavy atom. The number of hydrogen-bond donors (Lipinski definition) is 1. The van der Waals surface area contributed by atoms with Crippen LogP contribution < -0.4 is 4.48 Å². The van der Waals surface area contributed by atoms with Crippen LogP contribution in [0.15, 0.2) is 29.4 Å². The SMILES string of the molecule is C[N+](C)(C)c1ccc(/C=N\O)cc1. The van der Waals surface area contributed by atoms with Gasteiger partial charge in [-0.2, -0.15) is 0 Å². The zero-order chi connectivity index (χ0) is 9.90. The van der Waals surface area contributed by atoms with Gasteiger partial charge < -0.3 is 5.21 Å². The lowest BCUT2D eigenvalue weighted by molar-refractivity contribution is 0.322. The van der Waals surface area contributed by atoms with Gasteiger partial charge in [-0.1, -0.05) is 5.16 Å². The zero-order valence-electron chi connectivity index (χ0n) is 8.23. The van der Waals surface area contributed by atoms with E-state index in [0.717, 1.165) is 10.0 Å². The number of rotatable bonds is 2. The molecule has 0 aliphatic carbocycles. The normalized spacial score (nSPS) is 12.2. The molecule has 70 valence electrons. The smallest absolute Gasteiger partial charge is 0.132 e. The van der Waals surface area contributed by atoms with E-state index in [1.807, 2.05) is 24.3 Å². The molecule has 0 heterocycles. The first-order valence-electron chi connectivity index (χ1n) is 4.13. The van der Waals surface area contributed by atoms with Gasteiger partial charge in [-0.15, -0.1) is 0 Å². The Balaban J connectivity index is 2.94. The Morgan fingerprint density at radius 2 is 1.69 bits per heavy atom. The molecule has 3 nitrogen and oxygen atoms in total. The molecule has 1 N–H and O–H groups in total. The van der Waals surface area contributed by atoms with Crippen molar-refractivity contribution in [2.45, 2.75) is 0 Å². The molecule has 0 radical (unpaired) electrons. The molecule has 0 bridgehead atoms. The van der Waals surface area contributed by atoms with Gasteiger partial charge in [0.2, 0.25) is 0 Å². The van der Waals surface area contributed by atoms with Gasteiger partial charge in [0.15, 0.2) is 0 Å². The monoisotopic (exact) mass is 179 g/mol. The van der Waals surface area contributed by atoms with Crippen molar-refractivity contribution < 1.29 is 5.21 Å². The maximum atomic E-state index is 8.31. The minimum Gasteiger partial charge on any atom is -0.411 e. The van der Waals surface area contributed by atoms with Crippen LogP contribution in [0, 0.1) is 0 Å². The summed E-state index contributed by atoms with van der Waals surface area (Å²) in [4.78, 5) is 0. The quantitative estimate of drug-likeness (QED) is 0.318. The standard InChI is InChI=1S/C10H14N2O/c1-12(2,3)10-6-4-9(5-7-10)8-11-13/h4-8H,1-3H3/p+1/b11-8-. The highest BCUT2D eigenvalue weighted by Gasteiger charge is 2.10. The highest BCUT2D eigenvalue weighted by Crippen LogP contribution is 2.16. The van der Waals surface area contributed by atoms with Crippen LogP contribution in [0.3, 0.4) is 0 Å². The summed E-state index contributed by atoms with van der Waals surface area (Å²) >= 11 is 0. The van der Waals surface area contributed by atoms with Crippen molar-refractivity contribution in [2.24, 2.45) is 5.16 Å². The van der Waals surface area contributed by atoms with Crippen LogP contribution in [0.1, 0.15) is 5.56 Å². The predicted octanol–water partition coefficient (Wildman–Crippen LogP) is 1.69. The molecule has 3 heteroatoms. The molecule has 0 amide bonds. The summed E-state index contributed by atoms with van der Waals surface area (Å²) in [7, 11) is 6.32. The van der Waals surface area contributed by atoms with E-state index < -0.39 is 0 Å². The Bertz CT molecular complexity index is 296. The molecule has 0 fully saturated rings. The van der Waals surface area contributed by atoms with E-state index in [0.29, 0.717) is 0 Å². The van der Waals surface area contributed by atoms with Crippen LogP contribution >= 0.6 is 0 Å². The number of oxime groups is 1. The predicted molar refractivity (Wildman–Crippen MR) is 55.4 cm³/mol. The van der Waals surface area contributed by atoms with Crippen molar-refractivity contribution >= 4 is 11.9 Å². The fourth-order valence-electron chi connectivity index (χ4n) is 1.07. The summed E-state index contributed by atoms with van der Waals surface area (Å²) in [5.74, 6) is 0. The van der Waals surface area contributed by atoms with Crippen molar-refractivity contribution in [3.63, 3.8) is 0 Å². The van der Waals surface area contributed by atoms with Crippen LogP contribution in [0.5, 0.6) is 0 Å². The summed E-state index contributed by atoms with van der Waals surface area (Å²) in [5, 5.41) is 11.3. The first-order valence-corrected chi connectivity index (χ1v) is 4.13. The van der Waals surface area contributed by atoms with E-state index >= 15 is 0 Å². The third-order valence-electron chi connectivity index (χ3n) is 1.87. The van der Waals surface area contributed by atoms with Crippen molar-refractivity contribution in [3.8, 4) is 0 Å². The Kier molecular flexibility index (Phi) is 2.68. The number of hydrogen-bond acceptors (Lipinski definition) is 2. The lowest BCUT2D eigenvalue weighted by atomic mass is 10.2.